The lowest BCUT2D eigenvalue weighted by atomic mass is 10.4. The lowest BCUT2D eigenvalue weighted by Crippen LogP contribution is -2.42. The van der Waals surface area contributed by atoms with Gasteiger partial charge in [0.05, 0.1) is 5.75 Å². The summed E-state index contributed by atoms with van der Waals surface area (Å²) < 4.78 is 24.1. The molecule has 0 saturated carbocycles. The number of hydrogen-bond donors (Lipinski definition) is 4. The second-order valence-corrected chi connectivity index (χ2v) is 4.26. The first-order valence-electron chi connectivity index (χ1n) is 3.55. The Kier molecular flexibility index (Phi) is 4.85. The number of sulfonamides is 1. The molecular weight excluding hydrogens is 198 g/mol. The number of hydrogen-bond acceptors (Lipinski definition) is 5. The monoisotopic (exact) mass is 211 g/mol. The van der Waals surface area contributed by atoms with Crippen LogP contribution in [0.5, 0.6) is 0 Å². The molecule has 78 valence electrons. The first kappa shape index (κ1) is 12.3. The zero-order valence-corrected chi connectivity index (χ0v) is 7.75. The van der Waals surface area contributed by atoms with Gasteiger partial charge in [0.25, 0.3) is 0 Å². The van der Waals surface area contributed by atoms with Gasteiger partial charge in [-0.15, -0.1) is 0 Å². The van der Waals surface area contributed by atoms with Crippen molar-refractivity contribution in [2.75, 3.05) is 18.8 Å². The summed E-state index contributed by atoms with van der Waals surface area (Å²) in [6.07, 6.45) is 0. The van der Waals surface area contributed by atoms with E-state index in [-0.39, 0.29) is 13.1 Å². The molecule has 1 atom stereocenters. The van der Waals surface area contributed by atoms with Crippen molar-refractivity contribution in [2.45, 2.75) is 6.04 Å². The van der Waals surface area contributed by atoms with Gasteiger partial charge in [0.15, 0.2) is 0 Å². The number of carboxylic acids is 1. The molecule has 0 aliphatic heterocycles. The second-order valence-electron chi connectivity index (χ2n) is 2.41. The Balaban J connectivity index is 4.10. The van der Waals surface area contributed by atoms with E-state index < -0.39 is 27.8 Å². The molecule has 0 aromatic rings. The predicted octanol–water partition coefficient (Wildman–Crippen LogP) is -2.72. The normalized spacial score (nSPS) is 14.0. The number of rotatable bonds is 6. The molecule has 0 aliphatic carbocycles. The summed E-state index contributed by atoms with van der Waals surface area (Å²) in [6.45, 7) is 0.232. The maximum Gasteiger partial charge on any atom is 0.321 e. The van der Waals surface area contributed by atoms with Crippen molar-refractivity contribution in [1.82, 2.24) is 4.72 Å². The van der Waals surface area contributed by atoms with Crippen LogP contribution in [0.3, 0.4) is 0 Å². The molecule has 0 amide bonds. The van der Waals surface area contributed by atoms with Crippen molar-refractivity contribution < 1.29 is 18.3 Å². The van der Waals surface area contributed by atoms with E-state index in [1.165, 1.54) is 0 Å². The molecule has 0 aromatic carbocycles. The summed E-state index contributed by atoms with van der Waals surface area (Å²) in [5, 5.41) is 8.33. The van der Waals surface area contributed by atoms with E-state index in [0.717, 1.165) is 0 Å². The summed E-state index contributed by atoms with van der Waals surface area (Å²) in [5.74, 6) is -1.99. The molecule has 0 rings (SSSR count). The fourth-order valence-electron chi connectivity index (χ4n) is 0.581. The van der Waals surface area contributed by atoms with Crippen molar-refractivity contribution in [2.24, 2.45) is 11.5 Å². The Morgan fingerprint density at radius 1 is 1.54 bits per heavy atom. The fourth-order valence-corrected chi connectivity index (χ4v) is 1.74. The van der Waals surface area contributed by atoms with E-state index in [2.05, 4.69) is 4.72 Å². The number of nitrogens with one attached hydrogen (secondary N) is 1. The minimum Gasteiger partial charge on any atom is -0.480 e. The summed E-state index contributed by atoms with van der Waals surface area (Å²) in [5.41, 5.74) is 10.1. The maximum absolute atomic E-state index is 11.0. The molecule has 0 aromatic heterocycles. The molecule has 0 fully saturated rings. The van der Waals surface area contributed by atoms with Crippen molar-refractivity contribution in [3.05, 3.63) is 0 Å². The van der Waals surface area contributed by atoms with Crippen LogP contribution in [0.15, 0.2) is 0 Å². The van der Waals surface area contributed by atoms with Gasteiger partial charge < -0.3 is 16.6 Å². The van der Waals surface area contributed by atoms with E-state index >= 15 is 0 Å². The average Bonchev–Trinajstić information content (AvgIpc) is 2.00. The average molecular weight is 211 g/mol. The van der Waals surface area contributed by atoms with Crippen molar-refractivity contribution in [1.29, 1.82) is 0 Å². The van der Waals surface area contributed by atoms with Gasteiger partial charge in [-0.2, -0.15) is 0 Å². The molecule has 0 bridgehead atoms. The van der Waals surface area contributed by atoms with Crippen LogP contribution >= 0.6 is 0 Å². The van der Waals surface area contributed by atoms with Crippen LogP contribution in [-0.4, -0.2) is 44.4 Å². The lowest BCUT2D eigenvalue weighted by molar-refractivity contribution is -0.137. The van der Waals surface area contributed by atoms with Crippen LogP contribution in [0.2, 0.25) is 0 Å². The summed E-state index contributed by atoms with van der Waals surface area (Å²) in [4.78, 5) is 10.2. The van der Waals surface area contributed by atoms with Crippen LogP contribution < -0.4 is 16.2 Å². The highest BCUT2D eigenvalue weighted by Crippen LogP contribution is 1.88. The van der Waals surface area contributed by atoms with E-state index in [1.54, 1.807) is 0 Å². The Hall–Kier alpha value is -0.700. The number of nitrogens with two attached hydrogens (primary N) is 2. The standard InChI is InChI=1S/C5H13N3O4S/c6-1-2-8-13(11,12)3-4(7)5(9)10/h4,8H,1-3,6-7H2,(H,9,10). The molecule has 0 heterocycles. The molecule has 13 heavy (non-hydrogen) atoms. The smallest absolute Gasteiger partial charge is 0.321 e. The van der Waals surface area contributed by atoms with Gasteiger partial charge in [-0.1, -0.05) is 0 Å². The Bertz CT molecular complexity index is 263. The van der Waals surface area contributed by atoms with Crippen molar-refractivity contribution in [3.8, 4) is 0 Å². The van der Waals surface area contributed by atoms with Gasteiger partial charge in [-0.3, -0.25) is 4.79 Å². The topological polar surface area (TPSA) is 136 Å². The van der Waals surface area contributed by atoms with Gasteiger partial charge in [0, 0.05) is 13.1 Å². The third-order valence-electron chi connectivity index (χ3n) is 1.18. The van der Waals surface area contributed by atoms with Crippen LogP contribution in [0.1, 0.15) is 0 Å². The molecule has 0 aliphatic rings. The van der Waals surface area contributed by atoms with E-state index in [4.69, 9.17) is 16.6 Å². The van der Waals surface area contributed by atoms with Crippen LogP contribution in [0, 0.1) is 0 Å². The lowest BCUT2D eigenvalue weighted by Gasteiger charge is -2.07. The van der Waals surface area contributed by atoms with E-state index in [0.29, 0.717) is 0 Å². The first-order valence-corrected chi connectivity index (χ1v) is 5.20. The highest BCUT2D eigenvalue weighted by molar-refractivity contribution is 7.89. The number of carboxylic acid groups (broad SMARTS) is 1. The zero-order chi connectivity index (χ0) is 10.5. The largest absolute Gasteiger partial charge is 0.480 e. The molecular formula is C5H13N3O4S. The Labute approximate surface area is 76.1 Å². The van der Waals surface area contributed by atoms with Crippen LogP contribution in [0.4, 0.5) is 0 Å². The van der Waals surface area contributed by atoms with Gasteiger partial charge >= 0.3 is 5.97 Å². The second kappa shape index (κ2) is 5.12. The van der Waals surface area contributed by atoms with E-state index in [1.807, 2.05) is 0 Å². The Morgan fingerprint density at radius 2 is 2.08 bits per heavy atom. The van der Waals surface area contributed by atoms with Crippen LogP contribution in [-0.2, 0) is 14.8 Å². The number of aliphatic carboxylic acids is 1. The van der Waals surface area contributed by atoms with Gasteiger partial charge in [-0.05, 0) is 0 Å². The molecule has 6 N–H and O–H groups in total. The highest BCUT2D eigenvalue weighted by atomic mass is 32.2. The van der Waals surface area contributed by atoms with Crippen molar-refractivity contribution in [3.63, 3.8) is 0 Å². The quantitative estimate of drug-likeness (QED) is 0.377. The maximum atomic E-state index is 11.0. The number of carbonyl (C=O) groups is 1. The summed E-state index contributed by atoms with van der Waals surface area (Å²) in [6, 6.07) is -1.41. The molecule has 1 unspecified atom stereocenters. The summed E-state index contributed by atoms with van der Waals surface area (Å²) >= 11 is 0. The van der Waals surface area contributed by atoms with Gasteiger partial charge in [-0.25, -0.2) is 13.1 Å². The zero-order valence-electron chi connectivity index (χ0n) is 6.93. The molecule has 0 radical (unpaired) electrons. The summed E-state index contributed by atoms with van der Waals surface area (Å²) in [7, 11) is -3.62. The minimum atomic E-state index is -3.62. The molecule has 0 spiro atoms. The molecule has 8 heteroatoms. The first-order chi connectivity index (χ1) is 5.89. The minimum absolute atomic E-state index is 0.0780. The fraction of sp³-hybridized carbons (Fsp3) is 0.800. The molecule has 0 saturated heterocycles. The third-order valence-corrected chi connectivity index (χ3v) is 2.62. The van der Waals surface area contributed by atoms with Gasteiger partial charge in [0.2, 0.25) is 10.0 Å². The van der Waals surface area contributed by atoms with E-state index in [9.17, 15) is 13.2 Å². The van der Waals surface area contributed by atoms with Crippen LogP contribution in [0.25, 0.3) is 0 Å². The van der Waals surface area contributed by atoms with Crippen molar-refractivity contribution >= 4 is 16.0 Å². The SMILES string of the molecule is NCCNS(=O)(=O)CC(N)C(=O)O. The highest BCUT2D eigenvalue weighted by Gasteiger charge is 2.20. The Morgan fingerprint density at radius 3 is 2.46 bits per heavy atom. The predicted molar refractivity (Wildman–Crippen MR) is 46.5 cm³/mol. The third kappa shape index (κ3) is 5.53. The van der Waals surface area contributed by atoms with Gasteiger partial charge in [0.1, 0.15) is 6.04 Å². The molecule has 7 nitrogen and oxygen atoms in total.